The number of rotatable bonds is 1. The van der Waals surface area contributed by atoms with Crippen molar-refractivity contribution in [1.82, 2.24) is 14.9 Å². The van der Waals surface area contributed by atoms with Crippen molar-refractivity contribution in [2.24, 2.45) is 0 Å². The molecular weight excluding hydrogens is 275 g/mol. The average molecular weight is 292 g/mol. The Morgan fingerprint density at radius 3 is 2.60 bits per heavy atom. The third-order valence-electron chi connectivity index (χ3n) is 3.24. The Balaban J connectivity index is 1.91. The van der Waals surface area contributed by atoms with E-state index in [1.165, 1.54) is 12.1 Å². The monoisotopic (exact) mass is 292 g/mol. The van der Waals surface area contributed by atoms with Crippen LogP contribution in [0.4, 0.5) is 4.39 Å². The van der Waals surface area contributed by atoms with Gasteiger partial charge in [0.2, 0.25) is 5.16 Å². The molecule has 1 N–H and O–H groups in total. The molecule has 1 unspecified atom stereocenters. The van der Waals surface area contributed by atoms with E-state index in [9.17, 15) is 4.39 Å². The van der Waals surface area contributed by atoms with Crippen molar-refractivity contribution in [3.8, 4) is 0 Å². The summed E-state index contributed by atoms with van der Waals surface area (Å²) in [6, 6.07) is 6.76. The minimum absolute atomic E-state index is 0.0799. The van der Waals surface area contributed by atoms with Gasteiger partial charge in [0.15, 0.2) is 5.82 Å². The fraction of sp³-hybridized carbons (Fsp3) is 0.429. The van der Waals surface area contributed by atoms with Crippen LogP contribution in [0.3, 0.4) is 0 Å². The molecule has 1 aromatic heterocycles. The van der Waals surface area contributed by atoms with Gasteiger partial charge >= 0.3 is 0 Å². The second kappa shape index (κ2) is 4.77. The molecule has 6 heteroatoms. The van der Waals surface area contributed by atoms with Gasteiger partial charge in [-0.25, -0.2) is 9.07 Å². The predicted molar refractivity (Wildman–Crippen MR) is 77.9 cm³/mol. The maximum atomic E-state index is 13.0. The number of fused-ring (bicyclic) bond motifs is 1. The van der Waals surface area contributed by atoms with Crippen molar-refractivity contribution in [1.29, 1.82) is 0 Å². The highest BCUT2D eigenvalue weighted by molar-refractivity contribution is 7.99. The van der Waals surface area contributed by atoms with Gasteiger partial charge in [-0.3, -0.25) is 0 Å². The largest absolute Gasteiger partial charge is 0.314 e. The van der Waals surface area contributed by atoms with Crippen molar-refractivity contribution in [3.05, 3.63) is 41.5 Å². The molecule has 2 heterocycles. The van der Waals surface area contributed by atoms with E-state index >= 15 is 0 Å². The van der Waals surface area contributed by atoms with Gasteiger partial charge in [0.05, 0.1) is 6.04 Å². The first kappa shape index (κ1) is 13.4. The zero-order valence-corrected chi connectivity index (χ0v) is 12.5. The maximum Gasteiger partial charge on any atom is 0.210 e. The molecule has 4 nitrogen and oxygen atoms in total. The number of thioether (sulfide) groups is 1. The molecule has 0 amide bonds. The number of nitrogens with one attached hydrogen (secondary N) is 1. The summed E-state index contributed by atoms with van der Waals surface area (Å²) in [4.78, 5) is 0. The Labute approximate surface area is 121 Å². The highest BCUT2D eigenvalue weighted by Gasteiger charge is 2.29. The van der Waals surface area contributed by atoms with Crippen molar-refractivity contribution in [2.45, 2.75) is 37.4 Å². The van der Waals surface area contributed by atoms with Crippen LogP contribution in [0.1, 0.15) is 38.2 Å². The smallest absolute Gasteiger partial charge is 0.210 e. The summed E-state index contributed by atoms with van der Waals surface area (Å²) in [5.41, 5.74) is 4.42. The van der Waals surface area contributed by atoms with Gasteiger partial charge in [0.25, 0.3) is 0 Å². The van der Waals surface area contributed by atoms with Crippen LogP contribution in [0.5, 0.6) is 0 Å². The molecule has 2 aromatic rings. The fourth-order valence-electron chi connectivity index (χ4n) is 2.18. The normalized spacial score (nSPS) is 18.5. The van der Waals surface area contributed by atoms with Crippen LogP contribution in [0, 0.1) is 5.82 Å². The van der Waals surface area contributed by atoms with Crippen molar-refractivity contribution < 1.29 is 4.39 Å². The van der Waals surface area contributed by atoms with Gasteiger partial charge in [-0.2, -0.15) is 0 Å². The van der Waals surface area contributed by atoms with Crippen LogP contribution < -0.4 is 5.43 Å². The Hall–Kier alpha value is -1.56. The summed E-state index contributed by atoms with van der Waals surface area (Å²) in [7, 11) is 0. The number of hydrogen-bond donors (Lipinski definition) is 1. The van der Waals surface area contributed by atoms with Crippen LogP contribution in [-0.4, -0.2) is 20.6 Å². The van der Waals surface area contributed by atoms with Crippen molar-refractivity contribution in [3.63, 3.8) is 0 Å². The van der Waals surface area contributed by atoms with Gasteiger partial charge in [0.1, 0.15) is 5.82 Å². The number of hydrogen-bond acceptors (Lipinski definition) is 4. The molecule has 0 saturated carbocycles. The van der Waals surface area contributed by atoms with Gasteiger partial charge in [0, 0.05) is 11.2 Å². The van der Waals surface area contributed by atoms with Gasteiger partial charge in [-0.05, 0) is 17.7 Å². The molecule has 0 fully saturated rings. The minimum atomic E-state index is -0.211. The summed E-state index contributed by atoms with van der Waals surface area (Å²) < 4.78 is 15.0. The predicted octanol–water partition coefficient (Wildman–Crippen LogP) is 3.11. The topological polar surface area (TPSA) is 42.7 Å². The molecular formula is C14H17FN4S. The van der Waals surface area contributed by atoms with E-state index in [1.807, 2.05) is 16.8 Å². The molecule has 1 aliphatic heterocycles. The number of halogens is 1. The molecule has 106 valence electrons. The standard InChI is InChI=1S/C14H17FN4S/c1-14(2,3)12-16-17-13-19(12)18-11(8-20-13)9-4-6-10(15)7-5-9/h4-7,11,18H,8H2,1-3H3. The van der Waals surface area contributed by atoms with Crippen molar-refractivity contribution >= 4 is 11.8 Å². The summed E-state index contributed by atoms with van der Waals surface area (Å²) >= 11 is 1.67. The van der Waals surface area contributed by atoms with Crippen LogP contribution in [0.15, 0.2) is 29.4 Å². The van der Waals surface area contributed by atoms with E-state index in [-0.39, 0.29) is 17.3 Å². The number of benzene rings is 1. The highest BCUT2D eigenvalue weighted by atomic mass is 32.2. The average Bonchev–Trinajstić information content (AvgIpc) is 2.82. The van der Waals surface area contributed by atoms with E-state index in [2.05, 4.69) is 36.4 Å². The second-order valence-corrected chi connectivity index (χ2v) is 6.92. The first-order valence-corrected chi connectivity index (χ1v) is 7.54. The molecule has 20 heavy (non-hydrogen) atoms. The molecule has 3 rings (SSSR count). The van der Waals surface area contributed by atoms with Crippen LogP contribution >= 0.6 is 11.8 Å². The van der Waals surface area contributed by atoms with Crippen LogP contribution in [0.2, 0.25) is 0 Å². The highest BCUT2D eigenvalue weighted by Crippen LogP contribution is 2.32. The molecule has 1 aromatic carbocycles. The summed E-state index contributed by atoms with van der Waals surface area (Å²) in [5.74, 6) is 1.55. The first-order valence-electron chi connectivity index (χ1n) is 6.56. The van der Waals surface area contributed by atoms with Gasteiger partial charge in [-0.15, -0.1) is 10.2 Å². The lowest BCUT2D eigenvalue weighted by molar-refractivity contribution is 0.501. The summed E-state index contributed by atoms with van der Waals surface area (Å²) in [6.45, 7) is 6.33. The maximum absolute atomic E-state index is 13.0. The van der Waals surface area contributed by atoms with E-state index in [0.717, 1.165) is 22.3 Å². The lowest BCUT2D eigenvalue weighted by Gasteiger charge is -2.29. The second-order valence-electron chi connectivity index (χ2n) is 5.94. The third kappa shape index (κ3) is 2.40. The lowest BCUT2D eigenvalue weighted by Crippen LogP contribution is -2.32. The van der Waals surface area contributed by atoms with Crippen molar-refractivity contribution in [2.75, 3.05) is 11.2 Å². The summed E-state index contributed by atoms with van der Waals surface area (Å²) in [6.07, 6.45) is 0. The quantitative estimate of drug-likeness (QED) is 0.877. The fourth-order valence-corrected chi connectivity index (χ4v) is 3.13. The van der Waals surface area contributed by atoms with Gasteiger partial charge < -0.3 is 5.43 Å². The third-order valence-corrected chi connectivity index (χ3v) is 4.26. The molecule has 1 atom stereocenters. The molecule has 0 bridgehead atoms. The molecule has 1 aliphatic rings. The molecule has 0 spiro atoms. The number of nitrogens with zero attached hydrogens (tertiary/aromatic N) is 3. The number of aromatic nitrogens is 3. The van der Waals surface area contributed by atoms with Crippen LogP contribution in [0.25, 0.3) is 0 Å². The Morgan fingerprint density at radius 1 is 1.25 bits per heavy atom. The van der Waals surface area contributed by atoms with Crippen LogP contribution in [-0.2, 0) is 5.41 Å². The zero-order valence-electron chi connectivity index (χ0n) is 11.7. The van der Waals surface area contributed by atoms with E-state index < -0.39 is 0 Å². The van der Waals surface area contributed by atoms with Gasteiger partial charge in [-0.1, -0.05) is 44.7 Å². The molecule has 0 saturated heterocycles. The first-order chi connectivity index (χ1) is 9.45. The Bertz CT molecular complexity index is 615. The lowest BCUT2D eigenvalue weighted by atomic mass is 9.96. The Morgan fingerprint density at radius 2 is 1.95 bits per heavy atom. The minimum Gasteiger partial charge on any atom is -0.314 e. The zero-order chi connectivity index (χ0) is 14.3. The SMILES string of the molecule is CC(C)(C)c1nnc2n1NC(c1ccc(F)cc1)CS2. The Kier molecular flexibility index (Phi) is 3.20. The van der Waals surface area contributed by atoms with E-state index in [1.54, 1.807) is 11.8 Å². The van der Waals surface area contributed by atoms with E-state index in [0.29, 0.717) is 0 Å². The van der Waals surface area contributed by atoms with E-state index in [4.69, 9.17) is 0 Å². The molecule has 0 aliphatic carbocycles. The summed E-state index contributed by atoms with van der Waals surface area (Å²) in [5, 5.41) is 9.38. The molecule has 0 radical (unpaired) electrons.